The Morgan fingerprint density at radius 3 is 2.50 bits per heavy atom. The number of morpholine rings is 1. The molecule has 1 unspecified atom stereocenters. The Morgan fingerprint density at radius 1 is 1.40 bits per heavy atom. The van der Waals surface area contributed by atoms with Gasteiger partial charge in [-0.25, -0.2) is 0 Å². The van der Waals surface area contributed by atoms with Gasteiger partial charge in [0.25, 0.3) is 5.91 Å². The maximum Gasteiger partial charge on any atom is 0.250 e. The maximum absolute atomic E-state index is 11.9. The second-order valence-corrected chi connectivity index (χ2v) is 5.56. The van der Waals surface area contributed by atoms with Gasteiger partial charge in [0.15, 0.2) is 0 Å². The first-order chi connectivity index (χ1) is 8.50. The summed E-state index contributed by atoms with van der Waals surface area (Å²) in [6.45, 7) is 7.14. The quantitative estimate of drug-likeness (QED) is 0.760. The Balaban J connectivity index is 0. The van der Waals surface area contributed by atoms with E-state index in [-0.39, 0.29) is 36.8 Å². The van der Waals surface area contributed by atoms with E-state index in [1.54, 1.807) is 0 Å². The molecule has 0 aromatic rings. The van der Waals surface area contributed by atoms with Crippen LogP contribution in [0.3, 0.4) is 0 Å². The molecule has 2 atom stereocenters. The third-order valence-electron chi connectivity index (χ3n) is 3.21. The van der Waals surface area contributed by atoms with Crippen LogP contribution < -0.4 is 10.6 Å². The van der Waals surface area contributed by atoms with Gasteiger partial charge in [-0.15, -0.1) is 24.8 Å². The molecule has 1 aliphatic rings. The van der Waals surface area contributed by atoms with Crippen molar-refractivity contribution in [2.75, 3.05) is 40.3 Å². The molecule has 7 heteroatoms. The SMILES string of the molecule is CC(C)CC(CNC(=O)[C@H]1CNCCO1)N(C)C.Cl.Cl. The minimum absolute atomic E-state index is 0. The highest BCUT2D eigenvalue weighted by Gasteiger charge is 2.22. The number of halogens is 2. The van der Waals surface area contributed by atoms with Crippen LogP contribution in [0.15, 0.2) is 0 Å². The number of carbonyl (C=O) groups excluding carboxylic acids is 1. The third kappa shape index (κ3) is 8.27. The summed E-state index contributed by atoms with van der Waals surface area (Å²) in [5, 5.41) is 6.16. The van der Waals surface area contributed by atoms with Gasteiger partial charge in [0.1, 0.15) is 6.10 Å². The molecule has 0 aliphatic carbocycles. The molecule has 0 aromatic carbocycles. The van der Waals surface area contributed by atoms with Crippen molar-refractivity contribution in [2.45, 2.75) is 32.4 Å². The van der Waals surface area contributed by atoms with E-state index in [2.05, 4.69) is 43.5 Å². The van der Waals surface area contributed by atoms with Crippen LogP contribution in [0.2, 0.25) is 0 Å². The van der Waals surface area contributed by atoms with E-state index in [9.17, 15) is 4.79 Å². The Bertz CT molecular complexity index is 260. The Hall–Kier alpha value is -0.0700. The van der Waals surface area contributed by atoms with Crippen LogP contribution >= 0.6 is 24.8 Å². The fourth-order valence-corrected chi connectivity index (χ4v) is 2.09. The predicted molar refractivity (Wildman–Crippen MR) is 87.0 cm³/mol. The lowest BCUT2D eigenvalue weighted by atomic mass is 10.0. The predicted octanol–water partition coefficient (Wildman–Crippen LogP) is 0.911. The molecule has 0 aromatic heterocycles. The highest BCUT2D eigenvalue weighted by atomic mass is 35.5. The summed E-state index contributed by atoms with van der Waals surface area (Å²) in [6.07, 6.45) is 0.748. The zero-order chi connectivity index (χ0) is 13.5. The van der Waals surface area contributed by atoms with E-state index in [0.29, 0.717) is 31.7 Å². The number of hydrogen-bond donors (Lipinski definition) is 2. The number of nitrogens with one attached hydrogen (secondary N) is 2. The highest BCUT2D eigenvalue weighted by Crippen LogP contribution is 2.08. The highest BCUT2D eigenvalue weighted by molar-refractivity contribution is 5.85. The van der Waals surface area contributed by atoms with Gasteiger partial charge in [-0.3, -0.25) is 4.79 Å². The summed E-state index contributed by atoms with van der Waals surface area (Å²) in [7, 11) is 4.11. The van der Waals surface area contributed by atoms with Gasteiger partial charge in [0.05, 0.1) is 6.61 Å². The van der Waals surface area contributed by atoms with Gasteiger partial charge in [-0.1, -0.05) is 13.8 Å². The fourth-order valence-electron chi connectivity index (χ4n) is 2.09. The molecule has 1 aliphatic heterocycles. The van der Waals surface area contributed by atoms with Crippen molar-refractivity contribution in [2.24, 2.45) is 5.92 Å². The summed E-state index contributed by atoms with van der Waals surface area (Å²) in [5.41, 5.74) is 0. The Morgan fingerprint density at radius 2 is 2.05 bits per heavy atom. The first-order valence-corrected chi connectivity index (χ1v) is 6.77. The van der Waals surface area contributed by atoms with E-state index in [0.717, 1.165) is 13.0 Å². The standard InChI is InChI=1S/C13H27N3O2.2ClH/c1-10(2)7-11(16(3)4)8-15-13(17)12-9-14-5-6-18-12;;/h10-12,14H,5-9H2,1-4H3,(H,15,17);2*1H/t11?,12-;;/m1../s1. The van der Waals surface area contributed by atoms with Crippen LogP contribution in [0.1, 0.15) is 20.3 Å². The number of amides is 1. The van der Waals surface area contributed by atoms with E-state index >= 15 is 0 Å². The topological polar surface area (TPSA) is 53.6 Å². The average molecular weight is 330 g/mol. The molecule has 1 amide bonds. The number of carbonyl (C=O) groups is 1. The summed E-state index contributed by atoms with van der Waals surface area (Å²) in [5.74, 6) is 0.625. The fraction of sp³-hybridized carbons (Fsp3) is 0.923. The lowest BCUT2D eigenvalue weighted by molar-refractivity contribution is -0.134. The van der Waals surface area contributed by atoms with Crippen LogP contribution in [0.25, 0.3) is 0 Å². The molecule has 122 valence electrons. The van der Waals surface area contributed by atoms with E-state index < -0.39 is 0 Å². The van der Waals surface area contributed by atoms with Crippen LogP contribution in [-0.2, 0) is 9.53 Å². The molecule has 1 rings (SSSR count). The molecule has 0 bridgehead atoms. The van der Waals surface area contributed by atoms with Gasteiger partial charge in [-0.2, -0.15) is 0 Å². The summed E-state index contributed by atoms with van der Waals surface area (Å²) in [6, 6.07) is 0.380. The molecule has 1 fully saturated rings. The molecule has 5 nitrogen and oxygen atoms in total. The van der Waals surface area contributed by atoms with Crippen molar-refractivity contribution in [3.05, 3.63) is 0 Å². The lowest BCUT2D eigenvalue weighted by Crippen LogP contribution is -2.50. The van der Waals surface area contributed by atoms with Crippen molar-refractivity contribution in [1.82, 2.24) is 15.5 Å². The van der Waals surface area contributed by atoms with Crippen molar-refractivity contribution in [3.8, 4) is 0 Å². The Labute approximate surface area is 135 Å². The van der Waals surface area contributed by atoms with Gasteiger partial charge in [0.2, 0.25) is 0 Å². The molecule has 0 spiro atoms. The van der Waals surface area contributed by atoms with E-state index in [4.69, 9.17) is 4.74 Å². The number of rotatable bonds is 6. The zero-order valence-electron chi connectivity index (χ0n) is 12.8. The van der Waals surface area contributed by atoms with Gasteiger partial charge >= 0.3 is 0 Å². The average Bonchev–Trinajstić information content (AvgIpc) is 2.34. The minimum Gasteiger partial charge on any atom is -0.366 e. The van der Waals surface area contributed by atoms with Gasteiger partial charge in [-0.05, 0) is 26.4 Å². The van der Waals surface area contributed by atoms with Gasteiger partial charge in [0, 0.05) is 25.7 Å². The van der Waals surface area contributed by atoms with Crippen molar-refractivity contribution in [3.63, 3.8) is 0 Å². The van der Waals surface area contributed by atoms with Crippen LogP contribution in [0.4, 0.5) is 0 Å². The summed E-state index contributed by atoms with van der Waals surface area (Å²) < 4.78 is 5.43. The van der Waals surface area contributed by atoms with Crippen LogP contribution in [-0.4, -0.2) is 63.3 Å². The smallest absolute Gasteiger partial charge is 0.250 e. The largest absolute Gasteiger partial charge is 0.366 e. The maximum atomic E-state index is 11.9. The van der Waals surface area contributed by atoms with Crippen LogP contribution in [0, 0.1) is 5.92 Å². The Kier molecular flexibility index (Phi) is 12.9. The molecular formula is C13H29Cl2N3O2. The molecule has 0 saturated carbocycles. The lowest BCUT2D eigenvalue weighted by Gasteiger charge is -2.28. The van der Waals surface area contributed by atoms with Crippen molar-refractivity contribution in [1.29, 1.82) is 0 Å². The number of nitrogens with zero attached hydrogens (tertiary/aromatic N) is 1. The molecule has 1 heterocycles. The van der Waals surface area contributed by atoms with Crippen molar-refractivity contribution < 1.29 is 9.53 Å². The third-order valence-corrected chi connectivity index (χ3v) is 3.21. The summed E-state index contributed by atoms with van der Waals surface area (Å²) >= 11 is 0. The number of likely N-dealkylation sites (N-methyl/N-ethyl adjacent to an activating group) is 1. The monoisotopic (exact) mass is 329 g/mol. The second kappa shape index (κ2) is 11.6. The molecule has 20 heavy (non-hydrogen) atoms. The van der Waals surface area contributed by atoms with Crippen LogP contribution in [0.5, 0.6) is 0 Å². The first kappa shape index (κ1) is 22.2. The second-order valence-electron chi connectivity index (χ2n) is 5.56. The minimum atomic E-state index is -0.333. The summed E-state index contributed by atoms with van der Waals surface area (Å²) in [4.78, 5) is 14.1. The van der Waals surface area contributed by atoms with E-state index in [1.165, 1.54) is 0 Å². The van der Waals surface area contributed by atoms with Gasteiger partial charge < -0.3 is 20.3 Å². The molecular weight excluding hydrogens is 301 g/mol. The first-order valence-electron chi connectivity index (χ1n) is 6.77. The normalized spacial score (nSPS) is 20.0. The van der Waals surface area contributed by atoms with E-state index in [1.807, 2.05) is 0 Å². The molecule has 2 N–H and O–H groups in total. The number of ether oxygens (including phenoxy) is 1. The number of hydrogen-bond acceptors (Lipinski definition) is 4. The molecule has 0 radical (unpaired) electrons. The zero-order valence-corrected chi connectivity index (χ0v) is 14.5. The molecule has 1 saturated heterocycles. The van der Waals surface area contributed by atoms with Crippen molar-refractivity contribution >= 4 is 30.7 Å².